The third-order valence-electron chi connectivity index (χ3n) is 3.35. The van der Waals surface area contributed by atoms with Gasteiger partial charge in [-0.3, -0.25) is 0 Å². The van der Waals surface area contributed by atoms with E-state index in [1.807, 2.05) is 55.5 Å². The van der Waals surface area contributed by atoms with Gasteiger partial charge in [-0.2, -0.15) is 10.1 Å². The van der Waals surface area contributed by atoms with Crippen LogP contribution in [-0.4, -0.2) is 28.9 Å². The third kappa shape index (κ3) is 4.35. The van der Waals surface area contributed by atoms with Crippen LogP contribution in [0.5, 0.6) is 11.5 Å². The third-order valence-corrected chi connectivity index (χ3v) is 3.35. The van der Waals surface area contributed by atoms with E-state index in [0.717, 1.165) is 22.9 Å². The highest BCUT2D eigenvalue weighted by Crippen LogP contribution is 2.26. The highest BCUT2D eigenvalue weighted by molar-refractivity contribution is 5.64. The summed E-state index contributed by atoms with van der Waals surface area (Å²) in [6, 6.07) is 15.1. The summed E-state index contributed by atoms with van der Waals surface area (Å²) in [5, 5.41) is 14.3. The van der Waals surface area contributed by atoms with Gasteiger partial charge in [0.25, 0.3) is 0 Å². The molecule has 7 nitrogen and oxygen atoms in total. The van der Waals surface area contributed by atoms with Crippen molar-refractivity contribution in [3.8, 4) is 11.5 Å². The van der Waals surface area contributed by atoms with Gasteiger partial charge < -0.3 is 20.1 Å². The standard InChI is InChI=1S/C18H19N5O2/c1-3-25-16-7-5-4-6-15(16)21-17-12-19-23-18(22-17)20-13-8-10-14(24-2)11-9-13/h4-12H,3H2,1-2H3,(H2,20,21,22,23). The Morgan fingerprint density at radius 2 is 1.80 bits per heavy atom. The molecule has 0 amide bonds. The highest BCUT2D eigenvalue weighted by Gasteiger charge is 2.06. The summed E-state index contributed by atoms with van der Waals surface area (Å²) in [6.07, 6.45) is 1.56. The molecule has 0 unspecified atom stereocenters. The van der Waals surface area contributed by atoms with Gasteiger partial charge in [-0.1, -0.05) is 12.1 Å². The summed E-state index contributed by atoms with van der Waals surface area (Å²) in [5.41, 5.74) is 1.66. The quantitative estimate of drug-likeness (QED) is 0.679. The number of hydrogen-bond acceptors (Lipinski definition) is 7. The van der Waals surface area contributed by atoms with Crippen LogP contribution < -0.4 is 20.1 Å². The molecule has 3 aromatic rings. The molecule has 7 heteroatoms. The van der Waals surface area contributed by atoms with Gasteiger partial charge in [0.05, 0.1) is 25.6 Å². The number of nitrogens with one attached hydrogen (secondary N) is 2. The number of hydrogen-bond donors (Lipinski definition) is 2. The Hall–Kier alpha value is -3.35. The molecule has 0 saturated heterocycles. The molecule has 0 atom stereocenters. The molecule has 25 heavy (non-hydrogen) atoms. The number of nitrogens with zero attached hydrogens (tertiary/aromatic N) is 3. The van der Waals surface area contributed by atoms with E-state index in [1.165, 1.54) is 0 Å². The second-order valence-corrected chi connectivity index (χ2v) is 5.07. The predicted molar refractivity (Wildman–Crippen MR) is 97.0 cm³/mol. The Labute approximate surface area is 146 Å². The van der Waals surface area contributed by atoms with Crippen LogP contribution in [0.3, 0.4) is 0 Å². The zero-order chi connectivity index (χ0) is 17.5. The lowest BCUT2D eigenvalue weighted by atomic mass is 10.3. The van der Waals surface area contributed by atoms with Gasteiger partial charge in [0, 0.05) is 5.69 Å². The number of methoxy groups -OCH3 is 1. The molecule has 128 valence electrons. The topological polar surface area (TPSA) is 81.2 Å². The normalized spacial score (nSPS) is 10.2. The van der Waals surface area contributed by atoms with Gasteiger partial charge in [-0.05, 0) is 43.3 Å². The zero-order valence-corrected chi connectivity index (χ0v) is 14.1. The SMILES string of the molecule is CCOc1ccccc1Nc1cnnc(Nc2ccc(OC)cc2)n1. The maximum absolute atomic E-state index is 5.60. The van der Waals surface area contributed by atoms with Gasteiger partial charge in [0.2, 0.25) is 5.95 Å². The summed E-state index contributed by atoms with van der Waals surface area (Å²) < 4.78 is 10.7. The Morgan fingerprint density at radius 1 is 1.00 bits per heavy atom. The van der Waals surface area contributed by atoms with Crippen LogP contribution in [0.25, 0.3) is 0 Å². The minimum atomic E-state index is 0.393. The van der Waals surface area contributed by atoms with Gasteiger partial charge in [0.1, 0.15) is 11.5 Å². The molecule has 0 aliphatic rings. The minimum absolute atomic E-state index is 0.393. The number of para-hydroxylation sites is 2. The summed E-state index contributed by atoms with van der Waals surface area (Å²) in [5.74, 6) is 2.50. The number of ether oxygens (including phenoxy) is 2. The van der Waals surface area contributed by atoms with Crippen LogP contribution in [0.4, 0.5) is 23.1 Å². The first-order valence-corrected chi connectivity index (χ1v) is 7.88. The largest absolute Gasteiger partial charge is 0.497 e. The molecule has 0 saturated carbocycles. The highest BCUT2D eigenvalue weighted by atomic mass is 16.5. The second-order valence-electron chi connectivity index (χ2n) is 5.07. The van der Waals surface area contributed by atoms with Gasteiger partial charge >= 0.3 is 0 Å². The van der Waals surface area contributed by atoms with Crippen molar-refractivity contribution in [2.24, 2.45) is 0 Å². The first kappa shape index (κ1) is 16.5. The Kier molecular flexibility index (Phi) is 5.26. The maximum atomic E-state index is 5.60. The minimum Gasteiger partial charge on any atom is -0.497 e. The van der Waals surface area contributed by atoms with Gasteiger partial charge in [-0.15, -0.1) is 5.10 Å². The summed E-state index contributed by atoms with van der Waals surface area (Å²) in [4.78, 5) is 4.42. The molecule has 0 aliphatic carbocycles. The van der Waals surface area contributed by atoms with E-state index in [0.29, 0.717) is 18.4 Å². The van der Waals surface area contributed by atoms with Crippen molar-refractivity contribution < 1.29 is 9.47 Å². The average Bonchev–Trinajstić information content (AvgIpc) is 2.65. The first-order chi connectivity index (χ1) is 12.3. The molecule has 0 spiro atoms. The van der Waals surface area contributed by atoms with Gasteiger partial charge in [-0.25, -0.2) is 0 Å². The van der Waals surface area contributed by atoms with Crippen molar-refractivity contribution in [2.75, 3.05) is 24.4 Å². The Morgan fingerprint density at radius 3 is 2.56 bits per heavy atom. The van der Waals surface area contributed by atoms with E-state index in [1.54, 1.807) is 13.3 Å². The first-order valence-electron chi connectivity index (χ1n) is 7.88. The molecule has 2 N–H and O–H groups in total. The molecule has 2 aromatic carbocycles. The van der Waals surface area contributed by atoms with Crippen LogP contribution in [0.2, 0.25) is 0 Å². The zero-order valence-electron chi connectivity index (χ0n) is 14.1. The number of anilines is 4. The van der Waals surface area contributed by atoms with Crippen molar-refractivity contribution in [1.82, 2.24) is 15.2 Å². The van der Waals surface area contributed by atoms with Crippen molar-refractivity contribution in [3.63, 3.8) is 0 Å². The second kappa shape index (κ2) is 7.96. The fourth-order valence-corrected chi connectivity index (χ4v) is 2.21. The van der Waals surface area contributed by atoms with Gasteiger partial charge in [0.15, 0.2) is 5.82 Å². The van der Waals surface area contributed by atoms with E-state index in [4.69, 9.17) is 9.47 Å². The molecule has 1 heterocycles. The van der Waals surface area contributed by atoms with Crippen molar-refractivity contribution in [2.45, 2.75) is 6.92 Å². The molecule has 0 radical (unpaired) electrons. The lowest BCUT2D eigenvalue weighted by Crippen LogP contribution is -2.03. The molecule has 3 rings (SSSR count). The predicted octanol–water partition coefficient (Wildman–Crippen LogP) is 3.77. The van der Waals surface area contributed by atoms with Crippen LogP contribution in [0, 0.1) is 0 Å². The van der Waals surface area contributed by atoms with Crippen molar-refractivity contribution >= 4 is 23.1 Å². The average molecular weight is 337 g/mol. The fraction of sp³-hybridized carbons (Fsp3) is 0.167. The summed E-state index contributed by atoms with van der Waals surface area (Å²) >= 11 is 0. The van der Waals surface area contributed by atoms with Crippen LogP contribution >= 0.6 is 0 Å². The van der Waals surface area contributed by atoms with Crippen molar-refractivity contribution in [1.29, 1.82) is 0 Å². The lowest BCUT2D eigenvalue weighted by Gasteiger charge is -2.12. The van der Waals surface area contributed by atoms with Crippen LogP contribution in [-0.2, 0) is 0 Å². The molecule has 0 fully saturated rings. The summed E-state index contributed by atoms with van der Waals surface area (Å²) in [7, 11) is 1.63. The number of aromatic nitrogens is 3. The maximum Gasteiger partial charge on any atom is 0.249 e. The smallest absolute Gasteiger partial charge is 0.249 e. The monoisotopic (exact) mass is 337 g/mol. The van der Waals surface area contributed by atoms with Crippen molar-refractivity contribution in [3.05, 3.63) is 54.7 Å². The molecular weight excluding hydrogens is 318 g/mol. The van der Waals surface area contributed by atoms with Crippen LogP contribution in [0.1, 0.15) is 6.92 Å². The molecular formula is C18H19N5O2. The van der Waals surface area contributed by atoms with E-state index in [9.17, 15) is 0 Å². The number of benzene rings is 2. The summed E-state index contributed by atoms with van der Waals surface area (Å²) in [6.45, 7) is 2.53. The lowest BCUT2D eigenvalue weighted by molar-refractivity contribution is 0.342. The number of rotatable bonds is 7. The van der Waals surface area contributed by atoms with E-state index >= 15 is 0 Å². The Balaban J connectivity index is 1.75. The molecule has 0 aliphatic heterocycles. The van der Waals surface area contributed by atoms with E-state index < -0.39 is 0 Å². The molecule has 1 aromatic heterocycles. The van der Waals surface area contributed by atoms with E-state index in [2.05, 4.69) is 25.8 Å². The van der Waals surface area contributed by atoms with E-state index in [-0.39, 0.29) is 0 Å². The Bertz CT molecular complexity index is 824. The molecule has 0 bridgehead atoms. The fourth-order valence-electron chi connectivity index (χ4n) is 2.21. The van der Waals surface area contributed by atoms with Crippen LogP contribution in [0.15, 0.2) is 54.7 Å².